The van der Waals surface area contributed by atoms with Gasteiger partial charge in [-0.1, -0.05) is 40.0 Å². The molecule has 0 nitrogen and oxygen atoms in total. The number of alkyl halides is 1. The Bertz CT molecular complexity index is 128. The van der Waals surface area contributed by atoms with Crippen LogP contribution in [-0.2, 0) is 0 Å². The second kappa shape index (κ2) is 9.39. The summed E-state index contributed by atoms with van der Waals surface area (Å²) in [5.41, 5.74) is 0. The number of thioether (sulfide) groups is 1. The Morgan fingerprint density at radius 1 is 1.50 bits per heavy atom. The lowest BCUT2D eigenvalue weighted by atomic mass is 10.2. The fourth-order valence-electron chi connectivity index (χ4n) is 0.587. The lowest BCUT2D eigenvalue weighted by molar-refractivity contribution is 0.745. The zero-order valence-corrected chi connectivity index (χ0v) is 8.43. The molecule has 0 aliphatic heterocycles. The van der Waals surface area contributed by atoms with Crippen molar-refractivity contribution in [2.45, 2.75) is 25.7 Å². The fraction of sp³-hybridized carbons (Fsp3) is 0.750. The van der Waals surface area contributed by atoms with Gasteiger partial charge in [-0.15, -0.1) is 0 Å². The van der Waals surface area contributed by atoms with Crippen LogP contribution in [0, 0.1) is 11.2 Å². The topological polar surface area (TPSA) is 0 Å². The molecule has 0 aromatic heterocycles. The largest absolute Gasteiger partial charge is 0.0928 e. The van der Waals surface area contributed by atoms with Crippen molar-refractivity contribution in [3.63, 3.8) is 0 Å². The summed E-state index contributed by atoms with van der Waals surface area (Å²) in [5, 5.41) is 3.98. The predicted octanol–water partition coefficient (Wildman–Crippen LogP) is 3.27. The third-order valence-corrected chi connectivity index (χ3v) is 1.93. The molecule has 0 aromatic carbocycles. The summed E-state index contributed by atoms with van der Waals surface area (Å²) >= 11 is 4.75. The van der Waals surface area contributed by atoms with Gasteiger partial charge in [0.15, 0.2) is 0 Å². The molecule has 0 aliphatic carbocycles. The molecule has 0 saturated carbocycles. The van der Waals surface area contributed by atoms with Crippen LogP contribution in [0.5, 0.6) is 0 Å². The molecule has 0 spiro atoms. The van der Waals surface area contributed by atoms with E-state index in [0.717, 1.165) is 11.8 Å². The number of rotatable bonds is 4. The first-order valence-corrected chi connectivity index (χ1v) is 5.47. The predicted molar refractivity (Wildman–Crippen MR) is 53.6 cm³/mol. The maximum atomic E-state index is 6.80. The average Bonchev–Trinajstić information content (AvgIpc) is 2.03. The monoisotopic (exact) mass is 222 g/mol. The molecule has 0 rings (SSSR count). The molecule has 10 heavy (non-hydrogen) atoms. The smallest absolute Gasteiger partial charge is 0.0354 e. The van der Waals surface area contributed by atoms with Crippen LogP contribution < -0.4 is 0 Å². The van der Waals surface area contributed by atoms with Crippen LogP contribution in [0.15, 0.2) is 0 Å². The van der Waals surface area contributed by atoms with Crippen molar-refractivity contribution in [1.29, 1.82) is 0 Å². The van der Waals surface area contributed by atoms with E-state index in [4.69, 9.17) is 1.37 Å². The molecule has 58 valence electrons. The Morgan fingerprint density at radius 2 is 2.40 bits per heavy atom. The zero-order chi connectivity index (χ0) is 8.36. The highest BCUT2D eigenvalue weighted by molar-refractivity contribution is 9.09. The van der Waals surface area contributed by atoms with E-state index in [-0.39, 0.29) is 0 Å². The lowest BCUT2D eigenvalue weighted by Crippen LogP contribution is -1.75. The summed E-state index contributed by atoms with van der Waals surface area (Å²) in [6, 6.07) is 0. The van der Waals surface area contributed by atoms with Crippen LogP contribution in [0.3, 0.4) is 0 Å². The van der Waals surface area contributed by atoms with E-state index in [1.165, 1.54) is 31.0 Å². The van der Waals surface area contributed by atoms with Gasteiger partial charge < -0.3 is 0 Å². The maximum Gasteiger partial charge on any atom is 0.0354 e. The molecule has 0 N–H and O–H groups in total. The molecule has 0 unspecified atom stereocenters. The first kappa shape index (κ1) is 8.49. The second-order valence-electron chi connectivity index (χ2n) is 1.92. The van der Waals surface area contributed by atoms with Crippen LogP contribution in [-0.4, -0.2) is 11.6 Å². The van der Waals surface area contributed by atoms with Gasteiger partial charge in [0.25, 0.3) is 0 Å². The Morgan fingerprint density at radius 3 is 3.10 bits per heavy atom. The summed E-state index contributed by atoms with van der Waals surface area (Å²) < 4.78 is 6.80. The van der Waals surface area contributed by atoms with Gasteiger partial charge in [0.1, 0.15) is 0 Å². The van der Waals surface area contributed by atoms with Gasteiger partial charge >= 0.3 is 0 Å². The maximum absolute atomic E-state index is 6.80. The highest BCUT2D eigenvalue weighted by atomic mass is 79.9. The standard InChI is InChI=1S/C8H13BrS/c1-10-8-6-4-2-3-5-7-9/h2-5,7H2,1H3/i1T. The molecule has 0 fully saturated rings. The van der Waals surface area contributed by atoms with Crippen LogP contribution in [0.2, 0.25) is 0 Å². The molecule has 0 amide bonds. The molecule has 0 heterocycles. The van der Waals surface area contributed by atoms with Gasteiger partial charge in [0.2, 0.25) is 0 Å². The Labute approximate surface area is 77.7 Å². The highest BCUT2D eigenvalue weighted by Crippen LogP contribution is 2.01. The van der Waals surface area contributed by atoms with Crippen molar-refractivity contribution in [3.8, 4) is 11.2 Å². The Kier molecular flexibility index (Phi) is 7.97. The van der Waals surface area contributed by atoms with Crippen LogP contribution in [0.4, 0.5) is 0 Å². The second-order valence-corrected chi connectivity index (χ2v) is 3.21. The van der Waals surface area contributed by atoms with E-state index >= 15 is 0 Å². The summed E-state index contributed by atoms with van der Waals surface area (Å²) in [4.78, 5) is 0. The van der Waals surface area contributed by atoms with E-state index in [1.54, 1.807) is 0 Å². The number of hydrogen-bond acceptors (Lipinski definition) is 1. The van der Waals surface area contributed by atoms with Gasteiger partial charge in [0, 0.05) is 13.1 Å². The molecule has 0 saturated heterocycles. The van der Waals surface area contributed by atoms with Crippen molar-refractivity contribution in [2.75, 3.05) is 11.6 Å². The summed E-state index contributed by atoms with van der Waals surface area (Å²) in [5.74, 6) is 3.02. The third kappa shape index (κ3) is 8.39. The van der Waals surface area contributed by atoms with E-state index in [2.05, 4.69) is 27.1 Å². The molecule has 0 aromatic rings. The SMILES string of the molecule is [3H]CSC#CCCCCCBr. The molecule has 0 atom stereocenters. The van der Waals surface area contributed by atoms with Crippen molar-refractivity contribution >= 4 is 27.7 Å². The fourth-order valence-corrected chi connectivity index (χ4v) is 1.19. The van der Waals surface area contributed by atoms with Crippen molar-refractivity contribution in [1.82, 2.24) is 0 Å². The zero-order valence-electron chi connectivity index (χ0n) is 7.03. The first-order chi connectivity index (χ1) is 5.41. The highest BCUT2D eigenvalue weighted by Gasteiger charge is 1.83. The van der Waals surface area contributed by atoms with E-state index < -0.39 is 0 Å². The quantitative estimate of drug-likeness (QED) is 0.400. The van der Waals surface area contributed by atoms with Gasteiger partial charge in [0.05, 0.1) is 0 Å². The molecule has 2 heteroatoms. The van der Waals surface area contributed by atoms with E-state index in [1.807, 2.05) is 0 Å². The Balaban J connectivity index is 2.96. The average molecular weight is 223 g/mol. The van der Waals surface area contributed by atoms with Crippen LogP contribution in [0.1, 0.15) is 27.1 Å². The molecule has 0 aliphatic rings. The van der Waals surface area contributed by atoms with Crippen molar-refractivity contribution < 1.29 is 1.37 Å². The normalized spacial score (nSPS) is 9.90. The third-order valence-electron chi connectivity index (χ3n) is 1.08. The minimum Gasteiger partial charge on any atom is -0.0928 e. The van der Waals surface area contributed by atoms with Crippen molar-refractivity contribution in [3.05, 3.63) is 0 Å². The molecular weight excluding hydrogens is 208 g/mol. The molecular formula is C8H13BrS. The van der Waals surface area contributed by atoms with Crippen LogP contribution in [0.25, 0.3) is 0 Å². The van der Waals surface area contributed by atoms with Gasteiger partial charge in [-0.05, 0) is 24.3 Å². The van der Waals surface area contributed by atoms with Gasteiger partial charge in [-0.2, -0.15) is 0 Å². The van der Waals surface area contributed by atoms with E-state index in [9.17, 15) is 0 Å². The van der Waals surface area contributed by atoms with Crippen LogP contribution >= 0.6 is 27.7 Å². The summed E-state index contributed by atoms with van der Waals surface area (Å²) in [6.07, 6.45) is 5.03. The molecule has 0 bridgehead atoms. The number of hydrogen-bond donors (Lipinski definition) is 0. The summed E-state index contributed by atoms with van der Waals surface area (Å²) in [7, 11) is 0. The number of halogens is 1. The number of unbranched alkanes of at least 4 members (excludes halogenated alkanes) is 3. The molecule has 0 radical (unpaired) electrons. The lowest BCUT2D eigenvalue weighted by Gasteiger charge is -1.90. The van der Waals surface area contributed by atoms with E-state index in [0.29, 0.717) is 6.23 Å². The first-order valence-electron chi connectivity index (χ1n) is 4.07. The van der Waals surface area contributed by atoms with Crippen molar-refractivity contribution in [2.24, 2.45) is 0 Å². The summed E-state index contributed by atoms with van der Waals surface area (Å²) in [6.45, 7) is 0. The minimum atomic E-state index is 0.356. The van der Waals surface area contributed by atoms with Gasteiger partial charge in [-0.25, -0.2) is 0 Å². The Hall–Kier alpha value is 0.390. The van der Waals surface area contributed by atoms with Gasteiger partial charge in [-0.3, -0.25) is 0 Å². The minimum absolute atomic E-state index is 0.356.